The summed E-state index contributed by atoms with van der Waals surface area (Å²) in [5, 5.41) is 6.80. The van der Waals surface area contributed by atoms with Crippen molar-refractivity contribution in [2.75, 3.05) is 46.8 Å². The molecule has 5 heteroatoms. The Balaban J connectivity index is 1.40. The lowest BCUT2D eigenvalue weighted by molar-refractivity contribution is 0.269. The summed E-state index contributed by atoms with van der Waals surface area (Å²) in [6.07, 6.45) is 2.25. The fraction of sp³-hybridized carbons (Fsp3) is 0.458. The monoisotopic (exact) mass is 393 g/mol. The van der Waals surface area contributed by atoms with E-state index in [1.807, 2.05) is 7.05 Å². The molecule has 0 bridgehead atoms. The van der Waals surface area contributed by atoms with Gasteiger partial charge in [0.15, 0.2) is 5.96 Å². The van der Waals surface area contributed by atoms with E-state index in [2.05, 4.69) is 87.1 Å². The molecule has 0 aliphatic carbocycles. The topological polar surface area (TPSA) is 42.9 Å². The molecular formula is C24H35N5. The van der Waals surface area contributed by atoms with Crippen LogP contribution in [0.15, 0.2) is 59.6 Å². The molecule has 0 aromatic heterocycles. The third-order valence-corrected chi connectivity index (χ3v) is 5.47. The molecule has 2 N–H and O–H groups in total. The number of aliphatic imine (C=N–C) groups is 1. The molecule has 0 saturated carbocycles. The largest absolute Gasteiger partial charge is 0.356 e. The molecule has 1 fully saturated rings. The van der Waals surface area contributed by atoms with Crippen molar-refractivity contribution in [2.24, 2.45) is 4.99 Å². The molecule has 1 aliphatic heterocycles. The van der Waals surface area contributed by atoms with Gasteiger partial charge in [0.25, 0.3) is 0 Å². The summed E-state index contributed by atoms with van der Waals surface area (Å²) < 4.78 is 0. The number of likely N-dealkylation sites (N-methyl/N-ethyl adjacent to an activating group) is 1. The van der Waals surface area contributed by atoms with Gasteiger partial charge in [0.2, 0.25) is 0 Å². The van der Waals surface area contributed by atoms with Crippen molar-refractivity contribution in [3.8, 4) is 0 Å². The predicted octanol–water partition coefficient (Wildman–Crippen LogP) is 2.73. The van der Waals surface area contributed by atoms with Crippen molar-refractivity contribution >= 4 is 5.96 Å². The minimum atomic E-state index is 0.778. The van der Waals surface area contributed by atoms with Crippen molar-refractivity contribution in [1.29, 1.82) is 0 Å². The standard InChI is InChI=1S/C24H35N5/c1-25-24(26-14-13-21-7-4-3-5-8-21)27-19-22-9-11-23(12-10-22)20-29-16-6-15-28(2)17-18-29/h3-5,7-12H,6,13-20H2,1-2H3,(H2,25,26,27). The van der Waals surface area contributed by atoms with Crippen LogP contribution in [0.5, 0.6) is 0 Å². The van der Waals surface area contributed by atoms with E-state index < -0.39 is 0 Å². The van der Waals surface area contributed by atoms with Crippen LogP contribution in [0.25, 0.3) is 0 Å². The maximum absolute atomic E-state index is 4.33. The van der Waals surface area contributed by atoms with E-state index in [-0.39, 0.29) is 0 Å². The van der Waals surface area contributed by atoms with Gasteiger partial charge in [0.1, 0.15) is 0 Å². The Morgan fingerprint density at radius 1 is 0.862 bits per heavy atom. The van der Waals surface area contributed by atoms with Crippen LogP contribution in [0.1, 0.15) is 23.1 Å². The fourth-order valence-electron chi connectivity index (χ4n) is 3.66. The van der Waals surface area contributed by atoms with Gasteiger partial charge in [-0.15, -0.1) is 0 Å². The maximum Gasteiger partial charge on any atom is 0.191 e. The van der Waals surface area contributed by atoms with E-state index >= 15 is 0 Å². The van der Waals surface area contributed by atoms with Crippen LogP contribution in [-0.4, -0.2) is 62.6 Å². The highest BCUT2D eigenvalue weighted by Gasteiger charge is 2.12. The molecule has 0 radical (unpaired) electrons. The summed E-state index contributed by atoms with van der Waals surface area (Å²) in [6, 6.07) is 19.5. The number of rotatable bonds is 7. The lowest BCUT2D eigenvalue weighted by atomic mass is 10.1. The second-order valence-electron chi connectivity index (χ2n) is 7.84. The van der Waals surface area contributed by atoms with Crippen LogP contribution < -0.4 is 10.6 Å². The Hall–Kier alpha value is -2.37. The Kier molecular flexibility index (Phi) is 8.53. The Bertz CT molecular complexity index is 742. The van der Waals surface area contributed by atoms with Crippen molar-refractivity contribution in [1.82, 2.24) is 20.4 Å². The van der Waals surface area contributed by atoms with Gasteiger partial charge in [-0.1, -0.05) is 54.6 Å². The summed E-state index contributed by atoms with van der Waals surface area (Å²) in [5.41, 5.74) is 4.00. The lowest BCUT2D eigenvalue weighted by Gasteiger charge is -2.20. The van der Waals surface area contributed by atoms with E-state index in [1.54, 1.807) is 0 Å². The molecular weight excluding hydrogens is 358 g/mol. The molecule has 0 atom stereocenters. The minimum absolute atomic E-state index is 0.778. The first-order chi connectivity index (χ1) is 14.2. The summed E-state index contributed by atoms with van der Waals surface area (Å²) in [4.78, 5) is 9.32. The van der Waals surface area contributed by atoms with Gasteiger partial charge in [-0.2, -0.15) is 0 Å². The summed E-state index contributed by atoms with van der Waals surface area (Å²) in [5.74, 6) is 0.846. The van der Waals surface area contributed by atoms with Gasteiger partial charge in [-0.05, 0) is 49.7 Å². The van der Waals surface area contributed by atoms with E-state index in [0.29, 0.717) is 0 Å². The fourth-order valence-corrected chi connectivity index (χ4v) is 3.66. The van der Waals surface area contributed by atoms with Gasteiger partial charge in [0.05, 0.1) is 0 Å². The molecule has 2 aromatic rings. The third-order valence-electron chi connectivity index (χ3n) is 5.47. The van der Waals surface area contributed by atoms with E-state index in [4.69, 9.17) is 0 Å². The highest BCUT2D eigenvalue weighted by Crippen LogP contribution is 2.10. The van der Waals surface area contributed by atoms with Crippen molar-refractivity contribution in [2.45, 2.75) is 25.9 Å². The molecule has 1 aliphatic rings. The summed E-state index contributed by atoms with van der Waals surface area (Å²) in [6.45, 7) is 7.42. The molecule has 1 heterocycles. The molecule has 0 spiro atoms. The minimum Gasteiger partial charge on any atom is -0.356 e. The van der Waals surface area contributed by atoms with E-state index in [0.717, 1.165) is 38.6 Å². The Morgan fingerprint density at radius 3 is 2.38 bits per heavy atom. The number of benzene rings is 2. The SMILES string of the molecule is CN=C(NCCc1ccccc1)NCc1ccc(CN2CCCN(C)CC2)cc1. The van der Waals surface area contributed by atoms with Crippen molar-refractivity contribution in [3.63, 3.8) is 0 Å². The molecule has 3 rings (SSSR count). The van der Waals surface area contributed by atoms with Crippen LogP contribution in [0, 0.1) is 0 Å². The van der Waals surface area contributed by atoms with Crippen molar-refractivity contribution < 1.29 is 0 Å². The van der Waals surface area contributed by atoms with Gasteiger partial charge >= 0.3 is 0 Å². The summed E-state index contributed by atoms with van der Waals surface area (Å²) >= 11 is 0. The first-order valence-electron chi connectivity index (χ1n) is 10.7. The van der Waals surface area contributed by atoms with Gasteiger partial charge in [0, 0.05) is 39.8 Å². The zero-order chi connectivity index (χ0) is 20.3. The number of hydrogen-bond acceptors (Lipinski definition) is 3. The zero-order valence-electron chi connectivity index (χ0n) is 17.9. The number of hydrogen-bond donors (Lipinski definition) is 2. The van der Waals surface area contributed by atoms with Crippen LogP contribution in [0.3, 0.4) is 0 Å². The average molecular weight is 394 g/mol. The number of guanidine groups is 1. The van der Waals surface area contributed by atoms with E-state index in [9.17, 15) is 0 Å². The quantitative estimate of drug-likeness (QED) is 0.561. The second kappa shape index (κ2) is 11.6. The lowest BCUT2D eigenvalue weighted by Crippen LogP contribution is -2.37. The molecule has 0 unspecified atom stereocenters. The molecule has 1 saturated heterocycles. The van der Waals surface area contributed by atoms with Crippen LogP contribution in [-0.2, 0) is 19.5 Å². The molecule has 0 amide bonds. The van der Waals surface area contributed by atoms with Gasteiger partial charge < -0.3 is 15.5 Å². The van der Waals surface area contributed by atoms with Crippen LogP contribution in [0.2, 0.25) is 0 Å². The molecule has 2 aromatic carbocycles. The van der Waals surface area contributed by atoms with Crippen LogP contribution in [0.4, 0.5) is 0 Å². The molecule has 5 nitrogen and oxygen atoms in total. The van der Waals surface area contributed by atoms with E-state index in [1.165, 1.54) is 42.7 Å². The van der Waals surface area contributed by atoms with Crippen molar-refractivity contribution in [3.05, 3.63) is 71.3 Å². The average Bonchev–Trinajstić information content (AvgIpc) is 2.96. The highest BCUT2D eigenvalue weighted by molar-refractivity contribution is 5.79. The maximum atomic E-state index is 4.33. The van der Waals surface area contributed by atoms with Crippen LogP contribution >= 0.6 is 0 Å². The second-order valence-corrected chi connectivity index (χ2v) is 7.84. The number of nitrogens with zero attached hydrogens (tertiary/aromatic N) is 3. The third kappa shape index (κ3) is 7.52. The summed E-state index contributed by atoms with van der Waals surface area (Å²) in [7, 11) is 4.04. The zero-order valence-corrected chi connectivity index (χ0v) is 17.9. The normalized spacial score (nSPS) is 16.4. The number of nitrogens with one attached hydrogen (secondary N) is 2. The first-order valence-corrected chi connectivity index (χ1v) is 10.7. The predicted molar refractivity (Wildman–Crippen MR) is 122 cm³/mol. The smallest absolute Gasteiger partial charge is 0.191 e. The molecule has 29 heavy (non-hydrogen) atoms. The molecule has 156 valence electrons. The van der Waals surface area contributed by atoms with Gasteiger partial charge in [-0.3, -0.25) is 9.89 Å². The Morgan fingerprint density at radius 2 is 1.62 bits per heavy atom. The first kappa shape index (κ1) is 21.3. The van der Waals surface area contributed by atoms with Gasteiger partial charge in [-0.25, -0.2) is 0 Å². The highest BCUT2D eigenvalue weighted by atomic mass is 15.2. The Labute approximate surface area is 175 Å².